The zero-order valence-electron chi connectivity index (χ0n) is 17.1. The van der Waals surface area contributed by atoms with Crippen molar-refractivity contribution >= 4 is 66.1 Å². The van der Waals surface area contributed by atoms with Gasteiger partial charge in [0.05, 0.1) is 21.6 Å². The van der Waals surface area contributed by atoms with Gasteiger partial charge in [-0.3, -0.25) is 4.79 Å². The number of anilines is 1. The Morgan fingerprint density at radius 3 is 2.42 bits per heavy atom. The number of halogens is 2. The van der Waals surface area contributed by atoms with E-state index in [-0.39, 0.29) is 23.5 Å². The quantitative estimate of drug-likeness (QED) is 0.492. The molecule has 5 nitrogen and oxygen atoms in total. The Morgan fingerprint density at radius 2 is 1.84 bits per heavy atom. The second-order valence-corrected chi connectivity index (χ2v) is 12.0. The van der Waals surface area contributed by atoms with Crippen LogP contribution >= 0.6 is 34.5 Å². The molecule has 1 unspecified atom stereocenters. The molecule has 1 fully saturated rings. The summed E-state index contributed by atoms with van der Waals surface area (Å²) in [6, 6.07) is 12.9. The number of fused-ring (bicyclic) bond motifs is 1. The third kappa shape index (κ3) is 4.55. The maximum absolute atomic E-state index is 13.6. The van der Waals surface area contributed by atoms with Crippen molar-refractivity contribution in [1.82, 2.24) is 4.90 Å². The normalized spacial score (nSPS) is 17.7. The van der Waals surface area contributed by atoms with E-state index in [2.05, 4.69) is 0 Å². The van der Waals surface area contributed by atoms with Crippen LogP contribution in [0.5, 0.6) is 0 Å². The van der Waals surface area contributed by atoms with Gasteiger partial charge in [0.25, 0.3) is 5.91 Å². The molecular weight excluding hydrogens is 475 g/mol. The molecule has 9 heteroatoms. The van der Waals surface area contributed by atoms with Crippen LogP contribution in [0.3, 0.4) is 0 Å². The molecule has 1 aromatic heterocycles. The third-order valence-corrected chi connectivity index (χ3v) is 9.21. The first kappa shape index (κ1) is 22.4. The number of carbonyl (C=O) groups is 1. The molecule has 0 saturated carbocycles. The lowest BCUT2D eigenvalue weighted by Gasteiger charge is -2.28. The van der Waals surface area contributed by atoms with E-state index in [9.17, 15) is 13.2 Å². The highest BCUT2D eigenvalue weighted by Gasteiger charge is 2.36. The first-order valence-electron chi connectivity index (χ1n) is 9.80. The summed E-state index contributed by atoms with van der Waals surface area (Å²) in [5, 5.41) is 1.48. The fraction of sp³-hybridized carbons (Fsp3) is 0.318. The Balaban J connectivity index is 1.71. The van der Waals surface area contributed by atoms with Crippen molar-refractivity contribution in [3.05, 3.63) is 63.0 Å². The number of carbonyl (C=O) groups excluding carboxylic acids is 1. The lowest BCUT2D eigenvalue weighted by molar-refractivity contribution is 0.0686. The molecule has 1 saturated heterocycles. The zero-order valence-corrected chi connectivity index (χ0v) is 20.3. The summed E-state index contributed by atoms with van der Waals surface area (Å²) in [5.41, 5.74) is 1.98. The lowest BCUT2D eigenvalue weighted by Crippen LogP contribution is -2.40. The standard InChI is InChI=1S/C22H22Cl2N2O3S2/c1-25(2)15-8-6-14(7-9-15)12-26(16-10-11-31(28,29)13-16)22(27)21-20(24)19-17(23)4-3-5-18(19)30-21/h3-9,16H,10-13H2,1-2H3. The summed E-state index contributed by atoms with van der Waals surface area (Å²) in [7, 11) is 0.763. The molecule has 31 heavy (non-hydrogen) atoms. The van der Waals surface area contributed by atoms with Gasteiger partial charge in [-0.15, -0.1) is 11.3 Å². The van der Waals surface area contributed by atoms with Gasteiger partial charge in [-0.1, -0.05) is 41.4 Å². The van der Waals surface area contributed by atoms with E-state index in [0.29, 0.717) is 33.3 Å². The Morgan fingerprint density at radius 1 is 1.13 bits per heavy atom. The minimum Gasteiger partial charge on any atom is -0.378 e. The molecule has 2 aromatic carbocycles. The first-order chi connectivity index (χ1) is 14.7. The fourth-order valence-corrected chi connectivity index (χ4v) is 7.46. The van der Waals surface area contributed by atoms with Gasteiger partial charge < -0.3 is 9.80 Å². The SMILES string of the molecule is CN(C)c1ccc(CN(C(=O)c2sc3cccc(Cl)c3c2Cl)C2CCS(=O)(=O)C2)cc1. The number of benzene rings is 2. The Labute approximate surface area is 196 Å². The number of rotatable bonds is 5. The van der Waals surface area contributed by atoms with Crippen molar-refractivity contribution in [2.24, 2.45) is 0 Å². The lowest BCUT2D eigenvalue weighted by atomic mass is 10.1. The van der Waals surface area contributed by atoms with Crippen LogP contribution in [-0.4, -0.2) is 50.9 Å². The van der Waals surface area contributed by atoms with E-state index >= 15 is 0 Å². The number of nitrogens with zero attached hydrogens (tertiary/aromatic N) is 2. The van der Waals surface area contributed by atoms with E-state index in [1.54, 1.807) is 11.0 Å². The maximum Gasteiger partial charge on any atom is 0.266 e. The first-order valence-corrected chi connectivity index (χ1v) is 13.2. The molecule has 0 aliphatic carbocycles. The van der Waals surface area contributed by atoms with Gasteiger partial charge in [-0.05, 0) is 36.2 Å². The van der Waals surface area contributed by atoms with E-state index in [1.807, 2.05) is 55.4 Å². The topological polar surface area (TPSA) is 57.7 Å². The van der Waals surface area contributed by atoms with Crippen LogP contribution in [0.4, 0.5) is 5.69 Å². The van der Waals surface area contributed by atoms with Crippen molar-refractivity contribution < 1.29 is 13.2 Å². The van der Waals surface area contributed by atoms with Crippen LogP contribution in [0, 0.1) is 0 Å². The van der Waals surface area contributed by atoms with E-state index in [1.165, 1.54) is 11.3 Å². The highest BCUT2D eigenvalue weighted by atomic mass is 35.5. The number of hydrogen-bond donors (Lipinski definition) is 0. The number of thiophene rings is 1. The molecule has 0 radical (unpaired) electrons. The van der Waals surface area contributed by atoms with Crippen LogP contribution in [0.2, 0.25) is 10.0 Å². The summed E-state index contributed by atoms with van der Waals surface area (Å²) in [6.45, 7) is 0.311. The van der Waals surface area contributed by atoms with Crippen molar-refractivity contribution in [3.8, 4) is 0 Å². The Bertz CT molecular complexity index is 1240. The summed E-state index contributed by atoms with van der Waals surface area (Å²) >= 11 is 14.2. The molecule has 3 aromatic rings. The van der Waals surface area contributed by atoms with Crippen LogP contribution in [0.25, 0.3) is 10.1 Å². The molecule has 4 rings (SSSR count). The van der Waals surface area contributed by atoms with Crippen LogP contribution in [0.1, 0.15) is 21.7 Å². The van der Waals surface area contributed by atoms with Gasteiger partial charge in [-0.2, -0.15) is 0 Å². The zero-order chi connectivity index (χ0) is 22.3. The Hall–Kier alpha value is -1.80. The fourth-order valence-electron chi connectivity index (χ4n) is 3.82. The van der Waals surface area contributed by atoms with Crippen LogP contribution in [0.15, 0.2) is 42.5 Å². The number of hydrogen-bond acceptors (Lipinski definition) is 5. The molecule has 2 heterocycles. The van der Waals surface area contributed by atoms with Gasteiger partial charge in [0.15, 0.2) is 9.84 Å². The molecule has 0 bridgehead atoms. The molecule has 1 aliphatic rings. The molecule has 1 atom stereocenters. The van der Waals surface area contributed by atoms with Gasteiger partial charge in [0, 0.05) is 42.5 Å². The van der Waals surface area contributed by atoms with E-state index in [0.717, 1.165) is 16.0 Å². The van der Waals surface area contributed by atoms with Crippen LogP contribution in [-0.2, 0) is 16.4 Å². The van der Waals surface area contributed by atoms with E-state index in [4.69, 9.17) is 23.2 Å². The number of sulfone groups is 1. The molecular formula is C22H22Cl2N2O3S2. The molecule has 1 amide bonds. The summed E-state index contributed by atoms with van der Waals surface area (Å²) in [5.74, 6) is -0.203. The molecule has 0 spiro atoms. The second kappa shape index (κ2) is 8.62. The van der Waals surface area contributed by atoms with Crippen molar-refractivity contribution in [2.45, 2.75) is 19.0 Å². The Kier molecular flexibility index (Phi) is 6.23. The number of amides is 1. The van der Waals surface area contributed by atoms with Gasteiger partial charge in [0.1, 0.15) is 4.88 Å². The van der Waals surface area contributed by atoms with Crippen molar-refractivity contribution in [2.75, 3.05) is 30.5 Å². The monoisotopic (exact) mass is 496 g/mol. The van der Waals surface area contributed by atoms with Gasteiger partial charge >= 0.3 is 0 Å². The predicted molar refractivity (Wildman–Crippen MR) is 130 cm³/mol. The van der Waals surface area contributed by atoms with Crippen molar-refractivity contribution in [3.63, 3.8) is 0 Å². The predicted octanol–water partition coefficient (Wildman–Crippen LogP) is 5.10. The molecule has 164 valence electrons. The largest absolute Gasteiger partial charge is 0.378 e. The third-order valence-electron chi connectivity index (χ3n) is 5.52. The van der Waals surface area contributed by atoms with Crippen molar-refractivity contribution in [1.29, 1.82) is 0 Å². The summed E-state index contributed by atoms with van der Waals surface area (Å²) < 4.78 is 25.1. The van der Waals surface area contributed by atoms with E-state index < -0.39 is 9.84 Å². The average Bonchev–Trinajstić information content (AvgIpc) is 3.26. The molecule has 0 N–H and O–H groups in total. The highest BCUT2D eigenvalue weighted by Crippen LogP contribution is 2.40. The van der Waals surface area contributed by atoms with Gasteiger partial charge in [0.2, 0.25) is 0 Å². The highest BCUT2D eigenvalue weighted by molar-refractivity contribution is 7.91. The maximum atomic E-state index is 13.6. The van der Waals surface area contributed by atoms with Gasteiger partial charge in [-0.25, -0.2) is 8.42 Å². The van der Waals surface area contributed by atoms with Crippen LogP contribution < -0.4 is 4.90 Å². The summed E-state index contributed by atoms with van der Waals surface area (Å²) in [4.78, 5) is 17.7. The minimum absolute atomic E-state index is 0.0300. The second-order valence-electron chi connectivity index (χ2n) is 7.91. The molecule has 1 aliphatic heterocycles. The minimum atomic E-state index is -3.16. The summed E-state index contributed by atoms with van der Waals surface area (Å²) in [6.07, 6.45) is 0.424. The average molecular weight is 497 g/mol. The smallest absolute Gasteiger partial charge is 0.266 e.